The molecule has 0 aromatic carbocycles. The average Bonchev–Trinajstić information content (AvgIpc) is 2.21. The van der Waals surface area contributed by atoms with Gasteiger partial charge >= 0.3 is 0 Å². The zero-order chi connectivity index (χ0) is 11.4. The molecule has 76 valence electrons. The van der Waals surface area contributed by atoms with E-state index in [1.807, 2.05) is 28.7 Å². The molecular weight excluding hydrogens is 315 g/mol. The maximum atomic E-state index is 12.4. The lowest BCUT2D eigenvalue weighted by Crippen LogP contribution is -2.01. The van der Waals surface area contributed by atoms with Crippen LogP contribution in [0.5, 0.6) is 0 Å². The zero-order valence-corrected chi connectivity index (χ0v) is 9.49. The predicted octanol–water partition coefficient (Wildman–Crippen LogP) is 2.56. The van der Waals surface area contributed by atoms with Crippen LogP contribution >= 0.6 is 22.6 Å². The predicted molar refractivity (Wildman–Crippen MR) is 55.9 cm³/mol. The highest BCUT2D eigenvalue weighted by Crippen LogP contribution is 2.23. The van der Waals surface area contributed by atoms with Crippen molar-refractivity contribution in [3.63, 3.8) is 0 Å². The molecule has 1 aromatic rings. The lowest BCUT2D eigenvalue weighted by atomic mass is 10.1. The van der Waals surface area contributed by atoms with E-state index in [2.05, 4.69) is 4.98 Å². The molecule has 0 saturated carbocycles. The molecule has 0 fully saturated rings. The van der Waals surface area contributed by atoms with Gasteiger partial charge in [-0.1, -0.05) is 0 Å². The summed E-state index contributed by atoms with van der Waals surface area (Å²) < 4.78 is 25.2. The van der Waals surface area contributed by atoms with Crippen LogP contribution in [0.3, 0.4) is 0 Å². The summed E-state index contributed by atoms with van der Waals surface area (Å²) in [6, 6.07) is 4.75. The number of halogens is 3. The molecule has 0 aliphatic rings. The SMILES string of the molecule is N#CCc1cc(C(F)F)nc(C#N)c1I. The Morgan fingerprint density at radius 3 is 2.60 bits per heavy atom. The third-order valence-electron chi connectivity index (χ3n) is 1.65. The molecule has 0 saturated heterocycles. The van der Waals surface area contributed by atoms with E-state index < -0.39 is 12.1 Å². The van der Waals surface area contributed by atoms with Crippen LogP contribution in [0.4, 0.5) is 8.78 Å². The minimum atomic E-state index is -2.73. The van der Waals surface area contributed by atoms with Gasteiger partial charge in [-0.2, -0.15) is 10.5 Å². The van der Waals surface area contributed by atoms with Gasteiger partial charge in [0.1, 0.15) is 11.8 Å². The van der Waals surface area contributed by atoms with E-state index in [1.165, 1.54) is 0 Å². The normalized spacial score (nSPS) is 9.73. The van der Waals surface area contributed by atoms with Gasteiger partial charge in [-0.25, -0.2) is 13.8 Å². The van der Waals surface area contributed by atoms with Crippen molar-refractivity contribution in [2.45, 2.75) is 12.8 Å². The maximum absolute atomic E-state index is 12.4. The summed E-state index contributed by atoms with van der Waals surface area (Å²) in [5, 5.41) is 17.2. The van der Waals surface area contributed by atoms with Crippen molar-refractivity contribution >= 4 is 22.6 Å². The van der Waals surface area contributed by atoms with Crippen molar-refractivity contribution in [1.82, 2.24) is 4.98 Å². The van der Waals surface area contributed by atoms with Crippen LogP contribution < -0.4 is 0 Å². The summed E-state index contributed by atoms with van der Waals surface area (Å²) in [6.07, 6.45) is -2.73. The summed E-state index contributed by atoms with van der Waals surface area (Å²) in [5.41, 5.74) is -0.101. The fraction of sp³-hybridized carbons (Fsp3) is 0.222. The van der Waals surface area contributed by atoms with Gasteiger partial charge in [-0.05, 0) is 34.2 Å². The Hall–Kier alpha value is -1.28. The number of nitrogens with zero attached hydrogens (tertiary/aromatic N) is 3. The van der Waals surface area contributed by atoms with Gasteiger partial charge in [0.25, 0.3) is 6.43 Å². The van der Waals surface area contributed by atoms with Gasteiger partial charge < -0.3 is 0 Å². The van der Waals surface area contributed by atoms with Gasteiger partial charge in [0.05, 0.1) is 16.1 Å². The molecule has 0 amide bonds. The summed E-state index contributed by atoms with van der Waals surface area (Å²) in [7, 11) is 0. The Morgan fingerprint density at radius 1 is 1.47 bits per heavy atom. The van der Waals surface area contributed by atoms with E-state index in [0.717, 1.165) is 6.07 Å². The molecule has 1 heterocycles. The molecule has 0 N–H and O–H groups in total. The minimum Gasteiger partial charge on any atom is -0.235 e. The van der Waals surface area contributed by atoms with E-state index in [1.54, 1.807) is 6.07 Å². The lowest BCUT2D eigenvalue weighted by Gasteiger charge is -2.05. The van der Waals surface area contributed by atoms with Crippen LogP contribution in [0, 0.1) is 26.2 Å². The highest BCUT2D eigenvalue weighted by molar-refractivity contribution is 14.1. The summed E-state index contributed by atoms with van der Waals surface area (Å²) in [6.45, 7) is 0. The molecule has 0 aliphatic carbocycles. The first-order valence-corrected chi connectivity index (χ1v) is 4.92. The standard InChI is InChI=1S/C9H4F2IN3/c10-9(11)6-3-5(1-2-13)8(12)7(4-14)15-6/h3,9H,1H2. The minimum absolute atomic E-state index is 0.00477. The highest BCUT2D eigenvalue weighted by atomic mass is 127. The Labute approximate surface area is 98.5 Å². The van der Waals surface area contributed by atoms with Gasteiger partial charge in [0.15, 0.2) is 5.69 Å². The number of alkyl halides is 2. The summed E-state index contributed by atoms with van der Waals surface area (Å²) in [5.74, 6) is 0. The monoisotopic (exact) mass is 319 g/mol. The first kappa shape index (κ1) is 11.8. The van der Waals surface area contributed by atoms with Gasteiger partial charge in [0.2, 0.25) is 0 Å². The molecule has 1 aromatic heterocycles. The Kier molecular flexibility index (Phi) is 3.92. The van der Waals surface area contributed by atoms with Crippen molar-refractivity contribution in [1.29, 1.82) is 10.5 Å². The molecule has 0 radical (unpaired) electrons. The molecule has 15 heavy (non-hydrogen) atoms. The number of aromatic nitrogens is 1. The Balaban J connectivity index is 3.34. The first-order chi connectivity index (χ1) is 7.10. The fourth-order valence-corrected chi connectivity index (χ4v) is 1.59. The number of hydrogen-bond donors (Lipinski definition) is 0. The third kappa shape index (κ3) is 2.60. The molecule has 0 atom stereocenters. The third-order valence-corrected chi connectivity index (χ3v) is 2.86. The van der Waals surface area contributed by atoms with Crippen molar-refractivity contribution < 1.29 is 8.78 Å². The van der Waals surface area contributed by atoms with Crippen molar-refractivity contribution in [3.05, 3.63) is 26.6 Å². The fourth-order valence-electron chi connectivity index (χ4n) is 1.00. The van der Waals surface area contributed by atoms with E-state index in [4.69, 9.17) is 10.5 Å². The second-order valence-corrected chi connectivity index (χ2v) is 3.69. The van der Waals surface area contributed by atoms with Crippen LogP contribution in [0.2, 0.25) is 0 Å². The largest absolute Gasteiger partial charge is 0.280 e. The Morgan fingerprint density at radius 2 is 2.13 bits per heavy atom. The van der Waals surface area contributed by atoms with E-state index in [9.17, 15) is 8.78 Å². The molecule has 3 nitrogen and oxygen atoms in total. The van der Waals surface area contributed by atoms with Crippen LogP contribution in [0.15, 0.2) is 6.07 Å². The molecule has 0 unspecified atom stereocenters. The topological polar surface area (TPSA) is 60.5 Å². The second kappa shape index (κ2) is 4.99. The lowest BCUT2D eigenvalue weighted by molar-refractivity contribution is 0.146. The van der Waals surface area contributed by atoms with E-state index >= 15 is 0 Å². The average molecular weight is 319 g/mol. The van der Waals surface area contributed by atoms with Crippen molar-refractivity contribution in [2.24, 2.45) is 0 Å². The molecule has 0 aliphatic heterocycles. The van der Waals surface area contributed by atoms with E-state index in [-0.39, 0.29) is 12.1 Å². The van der Waals surface area contributed by atoms with Gasteiger partial charge in [-0.3, -0.25) is 0 Å². The van der Waals surface area contributed by atoms with Crippen molar-refractivity contribution in [3.8, 4) is 12.1 Å². The number of rotatable bonds is 2. The first-order valence-electron chi connectivity index (χ1n) is 3.84. The molecule has 1 rings (SSSR count). The summed E-state index contributed by atoms with van der Waals surface area (Å²) in [4.78, 5) is 3.51. The van der Waals surface area contributed by atoms with Crippen LogP contribution in [-0.2, 0) is 6.42 Å². The van der Waals surface area contributed by atoms with Crippen LogP contribution in [0.1, 0.15) is 23.4 Å². The number of pyridine rings is 1. The smallest absolute Gasteiger partial charge is 0.235 e. The Bertz CT molecular complexity index is 460. The van der Waals surface area contributed by atoms with Crippen LogP contribution in [0.25, 0.3) is 0 Å². The molecule has 0 spiro atoms. The molecular formula is C9H4F2IN3. The highest BCUT2D eigenvalue weighted by Gasteiger charge is 2.15. The van der Waals surface area contributed by atoms with Crippen molar-refractivity contribution in [2.75, 3.05) is 0 Å². The second-order valence-electron chi connectivity index (χ2n) is 2.62. The summed E-state index contributed by atoms with van der Waals surface area (Å²) >= 11 is 1.82. The number of hydrogen-bond acceptors (Lipinski definition) is 3. The molecule has 6 heteroatoms. The van der Waals surface area contributed by atoms with Crippen LogP contribution in [-0.4, -0.2) is 4.98 Å². The number of nitriles is 2. The van der Waals surface area contributed by atoms with Gasteiger partial charge in [0, 0.05) is 0 Å². The van der Waals surface area contributed by atoms with E-state index in [0.29, 0.717) is 9.13 Å². The maximum Gasteiger partial charge on any atom is 0.280 e. The van der Waals surface area contributed by atoms with Gasteiger partial charge in [-0.15, -0.1) is 0 Å². The molecule has 0 bridgehead atoms. The quantitative estimate of drug-likeness (QED) is 0.787. The zero-order valence-electron chi connectivity index (χ0n) is 7.34.